The Morgan fingerprint density at radius 3 is 2.21 bits per heavy atom. The first kappa shape index (κ1) is 36.0. The summed E-state index contributed by atoms with van der Waals surface area (Å²) in [4.78, 5) is 15.4. The number of carboxylic acids is 1. The number of nitrogens with zero attached hydrogens (tertiary/aromatic N) is 2. The van der Waals surface area contributed by atoms with Gasteiger partial charge in [-0.05, 0) is 96.0 Å². The van der Waals surface area contributed by atoms with E-state index in [0.717, 1.165) is 45.2 Å². The van der Waals surface area contributed by atoms with E-state index in [4.69, 9.17) is 0 Å². The number of fused-ring (bicyclic) bond motifs is 6. The number of carboxylic acid groups (broad SMARTS) is 1. The molecule has 0 spiro atoms. The second kappa shape index (κ2) is 14.6. The van der Waals surface area contributed by atoms with Crippen LogP contribution in [-0.4, -0.2) is 40.2 Å². The molecule has 2 aliphatic heterocycles. The van der Waals surface area contributed by atoms with Crippen molar-refractivity contribution < 1.29 is 14.5 Å². The van der Waals surface area contributed by atoms with Crippen LogP contribution >= 0.6 is 11.8 Å². The monoisotopic (exact) mass is 709 g/mol. The van der Waals surface area contributed by atoms with Crippen LogP contribution < -0.4 is 4.90 Å². The van der Waals surface area contributed by atoms with E-state index >= 15 is 0 Å². The summed E-state index contributed by atoms with van der Waals surface area (Å²) in [7, 11) is 0. The third-order valence-corrected chi connectivity index (χ3v) is 12.5. The summed E-state index contributed by atoms with van der Waals surface area (Å²) in [6, 6.07) is 26.7. The third-order valence-electron chi connectivity index (χ3n) is 11.3. The maximum atomic E-state index is 11.7. The van der Waals surface area contributed by atoms with Gasteiger partial charge in [-0.25, -0.2) is 0 Å². The molecule has 7 rings (SSSR count). The molecule has 0 unspecified atom stereocenters. The van der Waals surface area contributed by atoms with Crippen molar-refractivity contribution in [2.45, 2.75) is 90.9 Å². The number of hydrogen-bond donors (Lipinski definition) is 1. The molecule has 268 valence electrons. The van der Waals surface area contributed by atoms with Crippen molar-refractivity contribution in [2.75, 3.05) is 23.7 Å². The fourth-order valence-corrected chi connectivity index (χ4v) is 10.2. The minimum atomic E-state index is -0.745. The van der Waals surface area contributed by atoms with Gasteiger partial charge in [0.25, 0.3) is 0 Å². The Labute approximate surface area is 314 Å². The van der Waals surface area contributed by atoms with Crippen LogP contribution in [0.5, 0.6) is 0 Å². The summed E-state index contributed by atoms with van der Waals surface area (Å²) in [6.07, 6.45) is 14.8. The average Bonchev–Trinajstić information content (AvgIpc) is 3.48. The van der Waals surface area contributed by atoms with Crippen LogP contribution in [0.1, 0.15) is 91.2 Å². The molecular formula is C47H53N2O2S+. The number of allylic oxidation sites excluding steroid dienone is 7. The summed E-state index contributed by atoms with van der Waals surface area (Å²) in [5.74, 6) is -0.188. The zero-order chi connectivity index (χ0) is 36.6. The molecule has 0 aromatic heterocycles. The first-order valence-corrected chi connectivity index (χ1v) is 20.2. The van der Waals surface area contributed by atoms with E-state index < -0.39 is 5.97 Å². The molecular weight excluding hydrogens is 657 g/mol. The van der Waals surface area contributed by atoms with Crippen molar-refractivity contribution >= 4 is 56.4 Å². The van der Waals surface area contributed by atoms with E-state index in [2.05, 4.69) is 148 Å². The van der Waals surface area contributed by atoms with Crippen LogP contribution in [0.4, 0.5) is 11.4 Å². The number of anilines is 1. The third kappa shape index (κ3) is 6.36. The molecule has 0 radical (unpaired) electrons. The summed E-state index contributed by atoms with van der Waals surface area (Å²) in [5.41, 5.74) is 10.4. The molecule has 4 aromatic rings. The van der Waals surface area contributed by atoms with Gasteiger partial charge in [-0.1, -0.05) is 94.4 Å². The number of aliphatic carboxylic acids is 1. The maximum Gasteiger partial charge on any atom is 0.304 e. The molecule has 0 fully saturated rings. The zero-order valence-electron chi connectivity index (χ0n) is 31.8. The van der Waals surface area contributed by atoms with E-state index in [1.165, 1.54) is 71.5 Å². The lowest BCUT2D eigenvalue weighted by molar-refractivity contribution is -0.437. The number of rotatable bonds is 11. The highest BCUT2D eigenvalue weighted by molar-refractivity contribution is 8.03. The maximum absolute atomic E-state index is 11.7. The van der Waals surface area contributed by atoms with Crippen LogP contribution in [0.15, 0.2) is 119 Å². The lowest BCUT2D eigenvalue weighted by Crippen LogP contribution is -2.28. The highest BCUT2D eigenvalue weighted by Gasteiger charge is 2.45. The Bertz CT molecular complexity index is 2210. The van der Waals surface area contributed by atoms with Gasteiger partial charge in [0.1, 0.15) is 6.54 Å². The Hall–Kier alpha value is -4.35. The van der Waals surface area contributed by atoms with Gasteiger partial charge in [0, 0.05) is 58.1 Å². The predicted molar refractivity (Wildman–Crippen MR) is 223 cm³/mol. The van der Waals surface area contributed by atoms with Gasteiger partial charge < -0.3 is 10.0 Å². The van der Waals surface area contributed by atoms with Gasteiger partial charge >= 0.3 is 5.97 Å². The van der Waals surface area contributed by atoms with Crippen molar-refractivity contribution in [2.24, 2.45) is 0 Å². The summed E-state index contributed by atoms with van der Waals surface area (Å²) >= 11 is 1.72. The van der Waals surface area contributed by atoms with Gasteiger partial charge in [-0.2, -0.15) is 4.58 Å². The smallest absolute Gasteiger partial charge is 0.304 e. The quantitative estimate of drug-likeness (QED) is 0.157. The van der Waals surface area contributed by atoms with Crippen LogP contribution in [0.25, 0.3) is 21.5 Å². The largest absolute Gasteiger partial charge is 0.481 e. The lowest BCUT2D eigenvalue weighted by atomic mass is 9.78. The van der Waals surface area contributed by atoms with Crippen LogP contribution in [0.2, 0.25) is 0 Å². The zero-order valence-corrected chi connectivity index (χ0v) is 32.6. The van der Waals surface area contributed by atoms with E-state index in [0.29, 0.717) is 5.75 Å². The Morgan fingerprint density at radius 1 is 0.827 bits per heavy atom. The molecule has 2 heterocycles. The van der Waals surface area contributed by atoms with Crippen molar-refractivity contribution in [1.82, 2.24) is 0 Å². The molecule has 0 atom stereocenters. The van der Waals surface area contributed by atoms with Gasteiger partial charge in [-0.3, -0.25) is 4.79 Å². The predicted octanol–water partition coefficient (Wildman–Crippen LogP) is 12.0. The lowest BCUT2D eigenvalue weighted by Gasteiger charge is -2.27. The number of thioether (sulfide) groups is 1. The number of benzene rings is 4. The summed E-state index contributed by atoms with van der Waals surface area (Å²) < 4.78 is 2.53. The minimum absolute atomic E-state index is 0.149. The molecule has 5 heteroatoms. The van der Waals surface area contributed by atoms with E-state index in [1.54, 1.807) is 11.8 Å². The molecule has 0 saturated carbocycles. The van der Waals surface area contributed by atoms with Gasteiger partial charge in [0.05, 0.1) is 11.8 Å². The number of carbonyl (C=O) groups is 1. The second-order valence-electron chi connectivity index (χ2n) is 15.6. The molecule has 0 bridgehead atoms. The van der Waals surface area contributed by atoms with Crippen molar-refractivity contribution in [1.29, 1.82) is 0 Å². The molecule has 1 aliphatic carbocycles. The Balaban J connectivity index is 1.31. The fourth-order valence-electron chi connectivity index (χ4n) is 9.01. The van der Waals surface area contributed by atoms with E-state index in [-0.39, 0.29) is 17.3 Å². The topological polar surface area (TPSA) is 43.5 Å². The first-order chi connectivity index (χ1) is 25.1. The average molecular weight is 710 g/mol. The van der Waals surface area contributed by atoms with Crippen molar-refractivity contribution in [3.05, 3.63) is 130 Å². The molecule has 4 aromatic carbocycles. The molecule has 0 saturated heterocycles. The molecule has 4 nitrogen and oxygen atoms in total. The van der Waals surface area contributed by atoms with Gasteiger partial charge in [0.2, 0.25) is 5.69 Å². The van der Waals surface area contributed by atoms with Crippen LogP contribution in [-0.2, 0) is 15.6 Å². The number of hydrogen-bond acceptors (Lipinski definition) is 3. The highest BCUT2D eigenvalue weighted by Crippen LogP contribution is 2.51. The molecule has 1 N–H and O–H groups in total. The van der Waals surface area contributed by atoms with E-state index in [9.17, 15) is 9.90 Å². The van der Waals surface area contributed by atoms with Crippen LogP contribution in [0.3, 0.4) is 0 Å². The Morgan fingerprint density at radius 2 is 1.52 bits per heavy atom. The van der Waals surface area contributed by atoms with Crippen molar-refractivity contribution in [3.8, 4) is 0 Å². The van der Waals surface area contributed by atoms with Crippen molar-refractivity contribution in [3.63, 3.8) is 0 Å². The van der Waals surface area contributed by atoms with E-state index in [1.807, 2.05) is 0 Å². The SMILES string of the molecule is CCCN1C(=C/C=C2\CCCC(/C=C/C3=[N+](CCC)c4ccc5ccccc5c4C3(C)C)=C2SCCC(=O)O)C(C)(C)c2c1ccc1ccccc21. The van der Waals surface area contributed by atoms with Crippen LogP contribution in [0, 0.1) is 0 Å². The standard InChI is InChI=1S/C47H52N2O2S/c1-7-29-48-38-24-20-32-14-9-11-18-36(32)43(38)46(3,4)40(48)26-22-34-16-13-17-35(45(34)52-31-28-42(50)51)23-27-41-47(5,6)44-37-19-12-10-15-33(37)21-25-39(44)49(41)30-8-2/h9-12,14-15,18-27H,7-8,13,16-17,28-31H2,1-6H3/p+1. The second-order valence-corrected chi connectivity index (χ2v) is 16.7. The normalized spacial score (nSPS) is 19.5. The molecule has 3 aliphatic rings. The first-order valence-electron chi connectivity index (χ1n) is 19.2. The fraction of sp³-hybridized carbons (Fsp3) is 0.362. The minimum Gasteiger partial charge on any atom is -0.481 e. The molecule has 0 amide bonds. The van der Waals surface area contributed by atoms with Gasteiger partial charge in [-0.15, -0.1) is 11.8 Å². The summed E-state index contributed by atoms with van der Waals surface area (Å²) in [5, 5.41) is 14.8. The highest BCUT2D eigenvalue weighted by atomic mass is 32.2. The summed E-state index contributed by atoms with van der Waals surface area (Å²) in [6.45, 7) is 15.9. The molecule has 52 heavy (non-hydrogen) atoms. The van der Waals surface area contributed by atoms with Gasteiger partial charge in [0.15, 0.2) is 5.71 Å². The Kier molecular flexibility index (Phi) is 10.1.